The van der Waals surface area contributed by atoms with E-state index in [1.165, 1.54) is 0 Å². The molecule has 1 fully saturated rings. The Kier molecular flexibility index (Phi) is 4.68. The molecule has 0 bridgehead atoms. The van der Waals surface area contributed by atoms with Gasteiger partial charge < -0.3 is 30.3 Å². The molecule has 0 radical (unpaired) electrons. The van der Waals surface area contributed by atoms with Crippen LogP contribution < -0.4 is 0 Å². The third-order valence-corrected chi connectivity index (χ3v) is 3.68. The standard InChI is InChI=1S/C12H18O9/c1-4(13)7(16)9-12(20,6(3)15)11(19,5(2)14)8(17)10(18)21-9/h4,8-10,13,17-20H,1-3H3/t4?,8-,9+,10-,11+,12+/m0/s1. The Morgan fingerprint density at radius 3 is 1.81 bits per heavy atom. The first-order chi connectivity index (χ1) is 9.42. The number of Topliss-reactive ketones (excluding diaryl/α,β-unsaturated/α-hetero) is 3. The molecule has 6 atom stereocenters. The summed E-state index contributed by atoms with van der Waals surface area (Å²) in [7, 11) is 0. The van der Waals surface area contributed by atoms with Gasteiger partial charge in [0.1, 0.15) is 12.2 Å². The maximum Gasteiger partial charge on any atom is 0.194 e. The molecule has 9 nitrogen and oxygen atoms in total. The zero-order valence-electron chi connectivity index (χ0n) is 11.7. The highest BCUT2D eigenvalue weighted by atomic mass is 16.6. The lowest BCUT2D eigenvalue weighted by Gasteiger charge is -2.51. The van der Waals surface area contributed by atoms with Crippen molar-refractivity contribution in [3.63, 3.8) is 0 Å². The zero-order valence-corrected chi connectivity index (χ0v) is 11.7. The summed E-state index contributed by atoms with van der Waals surface area (Å²) in [5, 5.41) is 49.4. The molecule has 0 aliphatic carbocycles. The average Bonchev–Trinajstić information content (AvgIpc) is 2.38. The molecule has 1 aliphatic rings. The van der Waals surface area contributed by atoms with E-state index in [9.17, 15) is 39.9 Å². The van der Waals surface area contributed by atoms with E-state index < -0.39 is 53.2 Å². The number of aliphatic hydroxyl groups is 5. The van der Waals surface area contributed by atoms with Crippen LogP contribution in [0.1, 0.15) is 20.8 Å². The molecule has 0 aromatic rings. The number of aliphatic hydroxyl groups excluding tert-OH is 3. The Hall–Kier alpha value is -1.23. The van der Waals surface area contributed by atoms with Crippen molar-refractivity contribution >= 4 is 17.3 Å². The number of carbonyl (C=O) groups is 3. The first kappa shape index (κ1) is 17.8. The summed E-state index contributed by atoms with van der Waals surface area (Å²) in [6.07, 6.45) is -8.50. The Morgan fingerprint density at radius 1 is 1.05 bits per heavy atom. The molecule has 0 aromatic carbocycles. The van der Waals surface area contributed by atoms with E-state index in [2.05, 4.69) is 4.74 Å². The van der Waals surface area contributed by atoms with E-state index in [4.69, 9.17) is 0 Å². The first-order valence-corrected chi connectivity index (χ1v) is 6.12. The van der Waals surface area contributed by atoms with Crippen LogP contribution in [0.2, 0.25) is 0 Å². The van der Waals surface area contributed by atoms with Crippen LogP contribution >= 0.6 is 0 Å². The quantitative estimate of drug-likeness (QED) is 0.357. The number of carbonyl (C=O) groups excluding carboxylic acids is 3. The maximum absolute atomic E-state index is 11.9. The summed E-state index contributed by atoms with van der Waals surface area (Å²) in [6, 6.07) is 0. The van der Waals surface area contributed by atoms with Crippen LogP contribution in [-0.2, 0) is 19.1 Å². The molecule has 1 unspecified atom stereocenters. The van der Waals surface area contributed by atoms with Crippen molar-refractivity contribution in [1.82, 2.24) is 0 Å². The maximum atomic E-state index is 11.9. The minimum absolute atomic E-state index is 0.763. The van der Waals surface area contributed by atoms with Gasteiger partial charge in [-0.3, -0.25) is 14.4 Å². The van der Waals surface area contributed by atoms with Crippen LogP contribution in [-0.4, -0.2) is 78.7 Å². The predicted octanol–water partition coefficient (Wildman–Crippen LogP) is -3.35. The molecule has 21 heavy (non-hydrogen) atoms. The van der Waals surface area contributed by atoms with Crippen LogP contribution in [0.5, 0.6) is 0 Å². The molecule has 5 N–H and O–H groups in total. The molecule has 0 saturated carbocycles. The van der Waals surface area contributed by atoms with Crippen molar-refractivity contribution in [3.05, 3.63) is 0 Å². The van der Waals surface area contributed by atoms with Gasteiger partial charge >= 0.3 is 0 Å². The van der Waals surface area contributed by atoms with E-state index in [0.29, 0.717) is 0 Å². The van der Waals surface area contributed by atoms with Crippen molar-refractivity contribution in [2.45, 2.75) is 56.6 Å². The van der Waals surface area contributed by atoms with Crippen molar-refractivity contribution in [3.8, 4) is 0 Å². The van der Waals surface area contributed by atoms with E-state index >= 15 is 0 Å². The Morgan fingerprint density at radius 2 is 1.48 bits per heavy atom. The van der Waals surface area contributed by atoms with Gasteiger partial charge in [0.15, 0.2) is 40.9 Å². The molecular weight excluding hydrogens is 288 g/mol. The Bertz CT molecular complexity index is 473. The fourth-order valence-electron chi connectivity index (χ4n) is 2.37. The van der Waals surface area contributed by atoms with Crippen molar-refractivity contribution in [1.29, 1.82) is 0 Å². The number of hydrogen-bond acceptors (Lipinski definition) is 9. The lowest BCUT2D eigenvalue weighted by Crippen LogP contribution is -2.80. The minimum atomic E-state index is -3.16. The largest absolute Gasteiger partial charge is 0.386 e. The summed E-state index contributed by atoms with van der Waals surface area (Å²) in [4.78, 5) is 35.3. The average molecular weight is 306 g/mol. The highest BCUT2D eigenvalue weighted by Gasteiger charge is 2.71. The van der Waals surface area contributed by atoms with Gasteiger partial charge in [-0.15, -0.1) is 0 Å². The highest BCUT2D eigenvalue weighted by molar-refractivity contribution is 6.04. The summed E-state index contributed by atoms with van der Waals surface area (Å²) in [6.45, 7) is 2.54. The highest BCUT2D eigenvalue weighted by Crippen LogP contribution is 2.40. The molecule has 1 aliphatic heterocycles. The second-order valence-corrected chi connectivity index (χ2v) is 5.08. The van der Waals surface area contributed by atoms with Gasteiger partial charge in [0, 0.05) is 0 Å². The first-order valence-electron chi connectivity index (χ1n) is 6.12. The van der Waals surface area contributed by atoms with Gasteiger partial charge in [-0.1, -0.05) is 0 Å². The number of rotatable bonds is 4. The SMILES string of the molecule is CC(=O)[C@@]1(O)[C@@H](C(=O)C(C)O)O[C@H](O)[C@H](O)[C@]1(O)C(C)=O. The lowest BCUT2D eigenvalue weighted by molar-refractivity contribution is -0.324. The van der Waals surface area contributed by atoms with Crippen molar-refractivity contribution in [2.24, 2.45) is 0 Å². The van der Waals surface area contributed by atoms with Gasteiger partial charge in [0.05, 0.1) is 0 Å². The monoisotopic (exact) mass is 306 g/mol. The smallest absolute Gasteiger partial charge is 0.194 e. The van der Waals surface area contributed by atoms with Crippen LogP contribution in [0.3, 0.4) is 0 Å². The number of ether oxygens (including phenoxy) is 1. The lowest BCUT2D eigenvalue weighted by atomic mass is 9.67. The van der Waals surface area contributed by atoms with Gasteiger partial charge in [-0.2, -0.15) is 0 Å². The van der Waals surface area contributed by atoms with E-state index in [-0.39, 0.29) is 0 Å². The van der Waals surface area contributed by atoms with Crippen LogP contribution in [0.15, 0.2) is 0 Å². The fraction of sp³-hybridized carbons (Fsp3) is 0.750. The Balaban J connectivity index is 3.57. The van der Waals surface area contributed by atoms with Crippen LogP contribution in [0, 0.1) is 0 Å². The molecule has 0 aromatic heterocycles. The fourth-order valence-corrected chi connectivity index (χ4v) is 2.37. The molecule has 1 saturated heterocycles. The van der Waals surface area contributed by atoms with Crippen LogP contribution in [0.25, 0.3) is 0 Å². The third-order valence-electron chi connectivity index (χ3n) is 3.68. The molecule has 120 valence electrons. The van der Waals surface area contributed by atoms with Gasteiger partial charge in [-0.25, -0.2) is 0 Å². The topological polar surface area (TPSA) is 162 Å². The molecule has 9 heteroatoms. The molecular formula is C12H18O9. The second kappa shape index (κ2) is 5.52. The van der Waals surface area contributed by atoms with E-state index in [0.717, 1.165) is 20.8 Å². The van der Waals surface area contributed by atoms with Crippen LogP contribution in [0.4, 0.5) is 0 Å². The normalized spacial score (nSPS) is 41.4. The van der Waals surface area contributed by atoms with Gasteiger partial charge in [-0.05, 0) is 20.8 Å². The third kappa shape index (κ3) is 2.31. The van der Waals surface area contributed by atoms with E-state index in [1.54, 1.807) is 0 Å². The summed E-state index contributed by atoms with van der Waals surface area (Å²) >= 11 is 0. The molecule has 1 rings (SSSR count). The summed E-state index contributed by atoms with van der Waals surface area (Å²) in [5.74, 6) is -3.73. The zero-order chi connectivity index (χ0) is 16.7. The number of hydrogen-bond donors (Lipinski definition) is 5. The molecule has 1 heterocycles. The van der Waals surface area contributed by atoms with Gasteiger partial charge in [0.2, 0.25) is 0 Å². The van der Waals surface area contributed by atoms with Crippen molar-refractivity contribution in [2.75, 3.05) is 0 Å². The molecule has 0 spiro atoms. The second-order valence-electron chi connectivity index (χ2n) is 5.08. The van der Waals surface area contributed by atoms with Gasteiger partial charge in [0.25, 0.3) is 0 Å². The summed E-state index contributed by atoms with van der Waals surface area (Å²) in [5.41, 5.74) is -6.31. The Labute approximate surface area is 119 Å². The number of ketones is 3. The predicted molar refractivity (Wildman–Crippen MR) is 64.8 cm³/mol. The molecule has 0 amide bonds. The van der Waals surface area contributed by atoms with E-state index in [1.807, 2.05) is 0 Å². The summed E-state index contributed by atoms with van der Waals surface area (Å²) < 4.78 is 4.66. The minimum Gasteiger partial charge on any atom is -0.386 e. The van der Waals surface area contributed by atoms with Crippen molar-refractivity contribution < 1.29 is 44.7 Å².